The van der Waals surface area contributed by atoms with Crippen molar-refractivity contribution in [2.75, 3.05) is 12.4 Å². The zero-order valence-electron chi connectivity index (χ0n) is 17.2. The van der Waals surface area contributed by atoms with Crippen LogP contribution < -0.4 is 15.4 Å². The Morgan fingerprint density at radius 3 is 2.42 bits per heavy atom. The number of carbonyl (C=O) groups excluding carboxylic acids is 2. The molecule has 4 aromatic rings. The smallest absolute Gasteiger partial charge is 0.416 e. The summed E-state index contributed by atoms with van der Waals surface area (Å²) >= 11 is 0. The van der Waals surface area contributed by atoms with Gasteiger partial charge in [0.1, 0.15) is 17.2 Å². The van der Waals surface area contributed by atoms with Crippen LogP contribution in [0.25, 0.3) is 10.9 Å². The molecule has 2 aromatic carbocycles. The number of ether oxygens (including phenoxy) is 1. The highest BCUT2D eigenvalue weighted by Gasteiger charge is 2.31. The van der Waals surface area contributed by atoms with Crippen molar-refractivity contribution in [2.24, 2.45) is 0 Å². The van der Waals surface area contributed by atoms with Crippen LogP contribution in [0.1, 0.15) is 26.4 Å². The largest absolute Gasteiger partial charge is 0.457 e. The lowest BCUT2D eigenvalue weighted by Crippen LogP contribution is -2.18. The number of H-pyrrole nitrogens is 1. The van der Waals surface area contributed by atoms with Crippen molar-refractivity contribution in [1.29, 1.82) is 0 Å². The van der Waals surface area contributed by atoms with Crippen LogP contribution >= 0.6 is 0 Å². The van der Waals surface area contributed by atoms with E-state index in [1.54, 1.807) is 30.3 Å². The number of amides is 2. The molecule has 0 aliphatic heterocycles. The molecular formula is C23H17F3N4O3. The van der Waals surface area contributed by atoms with Crippen LogP contribution in [0, 0.1) is 0 Å². The van der Waals surface area contributed by atoms with Crippen LogP contribution in [0.2, 0.25) is 0 Å². The van der Waals surface area contributed by atoms with Gasteiger partial charge in [-0.1, -0.05) is 6.07 Å². The number of carbonyl (C=O) groups is 2. The standard InChI is InChI=1S/C23H17F3N4O3/c1-27-22(32)20-11-16(8-9-28-20)33-15-5-3-14(4-6-15)30-21(31)18-12-29-19-10-13(23(24,25)26)2-7-17(18)19/h2-12,29H,1H3,(H,27,32)(H,30,31). The number of alkyl halides is 3. The van der Waals surface area contributed by atoms with E-state index in [4.69, 9.17) is 4.74 Å². The maximum absolute atomic E-state index is 12.9. The fourth-order valence-corrected chi connectivity index (χ4v) is 3.16. The zero-order valence-corrected chi connectivity index (χ0v) is 17.2. The van der Waals surface area contributed by atoms with Gasteiger partial charge in [-0.15, -0.1) is 0 Å². The summed E-state index contributed by atoms with van der Waals surface area (Å²) in [4.78, 5) is 31.0. The zero-order chi connectivity index (χ0) is 23.6. The molecule has 7 nitrogen and oxygen atoms in total. The number of nitrogens with zero attached hydrogens (tertiary/aromatic N) is 1. The van der Waals surface area contributed by atoms with Crippen molar-refractivity contribution >= 4 is 28.4 Å². The Kier molecular flexibility index (Phi) is 5.74. The first kappa shape index (κ1) is 21.9. The maximum Gasteiger partial charge on any atom is 0.416 e. The molecule has 3 N–H and O–H groups in total. The number of nitrogens with one attached hydrogen (secondary N) is 3. The molecule has 0 saturated carbocycles. The van der Waals surface area contributed by atoms with Gasteiger partial charge in [0, 0.05) is 42.1 Å². The highest BCUT2D eigenvalue weighted by atomic mass is 19.4. The van der Waals surface area contributed by atoms with Crippen molar-refractivity contribution < 1.29 is 27.5 Å². The van der Waals surface area contributed by atoms with E-state index >= 15 is 0 Å². The third-order valence-corrected chi connectivity index (χ3v) is 4.79. The topological polar surface area (TPSA) is 96.1 Å². The Bertz CT molecular complexity index is 1330. The average Bonchev–Trinajstić information content (AvgIpc) is 3.23. The highest BCUT2D eigenvalue weighted by molar-refractivity contribution is 6.12. The quantitative estimate of drug-likeness (QED) is 0.396. The summed E-state index contributed by atoms with van der Waals surface area (Å²) in [5.41, 5.74) is 0.315. The van der Waals surface area contributed by atoms with Gasteiger partial charge < -0.3 is 20.4 Å². The molecule has 4 rings (SSSR count). The molecule has 2 heterocycles. The molecule has 0 saturated heterocycles. The van der Waals surface area contributed by atoms with E-state index in [-0.39, 0.29) is 22.7 Å². The van der Waals surface area contributed by atoms with Crippen molar-refractivity contribution in [3.63, 3.8) is 0 Å². The second kappa shape index (κ2) is 8.65. The van der Waals surface area contributed by atoms with Gasteiger partial charge in [0.2, 0.25) is 0 Å². The number of halogens is 3. The Morgan fingerprint density at radius 2 is 1.73 bits per heavy atom. The summed E-state index contributed by atoms with van der Waals surface area (Å²) in [7, 11) is 1.50. The van der Waals surface area contributed by atoms with Crippen LogP contribution in [0.3, 0.4) is 0 Å². The third-order valence-electron chi connectivity index (χ3n) is 4.79. The molecule has 0 spiro atoms. The molecule has 10 heteroatoms. The van der Waals surface area contributed by atoms with Crippen LogP contribution in [0.15, 0.2) is 67.0 Å². The van der Waals surface area contributed by atoms with Crippen LogP contribution in [-0.2, 0) is 6.18 Å². The predicted molar refractivity (Wildman–Crippen MR) is 115 cm³/mol. The lowest BCUT2D eigenvalue weighted by molar-refractivity contribution is -0.137. The highest BCUT2D eigenvalue weighted by Crippen LogP contribution is 2.32. The lowest BCUT2D eigenvalue weighted by atomic mass is 10.1. The normalized spacial score (nSPS) is 11.3. The molecule has 0 radical (unpaired) electrons. The van der Waals surface area contributed by atoms with E-state index in [0.29, 0.717) is 22.6 Å². The van der Waals surface area contributed by atoms with E-state index in [9.17, 15) is 22.8 Å². The van der Waals surface area contributed by atoms with Gasteiger partial charge >= 0.3 is 6.18 Å². The van der Waals surface area contributed by atoms with E-state index in [0.717, 1.165) is 12.1 Å². The van der Waals surface area contributed by atoms with Gasteiger partial charge in [-0.25, -0.2) is 0 Å². The minimum atomic E-state index is -4.47. The second-order valence-corrected chi connectivity index (χ2v) is 7.00. The van der Waals surface area contributed by atoms with Crippen molar-refractivity contribution in [3.8, 4) is 11.5 Å². The molecule has 0 fully saturated rings. The monoisotopic (exact) mass is 454 g/mol. The summed E-state index contributed by atoms with van der Waals surface area (Å²) in [6.45, 7) is 0. The van der Waals surface area contributed by atoms with E-state index in [2.05, 4.69) is 20.6 Å². The molecule has 0 aliphatic rings. The number of pyridine rings is 1. The summed E-state index contributed by atoms with van der Waals surface area (Å²) in [6.07, 6.45) is -1.65. The molecule has 168 valence electrons. The number of rotatable bonds is 5. The molecule has 33 heavy (non-hydrogen) atoms. The first-order valence-electron chi connectivity index (χ1n) is 9.70. The molecule has 0 aliphatic carbocycles. The van der Waals surface area contributed by atoms with Gasteiger partial charge in [0.15, 0.2) is 0 Å². The van der Waals surface area contributed by atoms with Gasteiger partial charge in [-0.05, 0) is 42.5 Å². The number of fused-ring (bicyclic) bond motifs is 1. The first-order chi connectivity index (χ1) is 15.7. The fraction of sp³-hybridized carbons (Fsp3) is 0.0870. The first-order valence-corrected chi connectivity index (χ1v) is 9.70. The van der Waals surface area contributed by atoms with E-state index in [1.165, 1.54) is 31.6 Å². The van der Waals surface area contributed by atoms with Crippen molar-refractivity contribution in [1.82, 2.24) is 15.3 Å². The number of anilines is 1. The van der Waals surface area contributed by atoms with Gasteiger partial charge in [0.25, 0.3) is 11.8 Å². The van der Waals surface area contributed by atoms with Gasteiger partial charge in [-0.3, -0.25) is 14.6 Å². The molecular weight excluding hydrogens is 437 g/mol. The number of aromatic nitrogens is 2. The van der Waals surface area contributed by atoms with Crippen molar-refractivity contribution in [3.05, 3.63) is 83.8 Å². The maximum atomic E-state index is 12.9. The van der Waals surface area contributed by atoms with E-state index < -0.39 is 17.6 Å². The Hall–Kier alpha value is -4.34. The van der Waals surface area contributed by atoms with Crippen LogP contribution in [0.5, 0.6) is 11.5 Å². The Labute approximate surface area is 185 Å². The molecule has 2 aromatic heterocycles. The van der Waals surface area contributed by atoms with Gasteiger partial charge in [-0.2, -0.15) is 13.2 Å². The number of benzene rings is 2. The molecule has 0 bridgehead atoms. The number of hydrogen-bond donors (Lipinski definition) is 3. The predicted octanol–water partition coefficient (Wildman–Crippen LogP) is 4.99. The molecule has 0 atom stereocenters. The summed E-state index contributed by atoms with van der Waals surface area (Å²) in [5, 5.41) is 5.56. The summed E-state index contributed by atoms with van der Waals surface area (Å²) in [6, 6.07) is 12.7. The van der Waals surface area contributed by atoms with Gasteiger partial charge in [0.05, 0.1) is 11.1 Å². The molecule has 0 unspecified atom stereocenters. The van der Waals surface area contributed by atoms with Crippen LogP contribution in [-0.4, -0.2) is 28.8 Å². The van der Waals surface area contributed by atoms with Crippen molar-refractivity contribution in [2.45, 2.75) is 6.18 Å². The van der Waals surface area contributed by atoms with E-state index in [1.807, 2.05) is 0 Å². The lowest BCUT2D eigenvalue weighted by Gasteiger charge is -2.09. The Balaban J connectivity index is 1.46. The third kappa shape index (κ3) is 4.79. The Morgan fingerprint density at radius 1 is 0.970 bits per heavy atom. The molecule has 2 amide bonds. The number of hydrogen-bond acceptors (Lipinski definition) is 4. The average molecular weight is 454 g/mol. The minimum Gasteiger partial charge on any atom is -0.457 e. The SMILES string of the molecule is CNC(=O)c1cc(Oc2ccc(NC(=O)c3c[nH]c4cc(C(F)(F)F)ccc34)cc2)ccn1. The van der Waals surface area contributed by atoms with Crippen LogP contribution in [0.4, 0.5) is 18.9 Å². The summed E-state index contributed by atoms with van der Waals surface area (Å²) in [5.74, 6) is 0.0654. The summed E-state index contributed by atoms with van der Waals surface area (Å²) < 4.78 is 44.4. The second-order valence-electron chi connectivity index (χ2n) is 7.00. The fourth-order valence-electron chi connectivity index (χ4n) is 3.16. The number of aromatic amines is 1. The minimum absolute atomic E-state index is 0.208.